The van der Waals surface area contributed by atoms with E-state index in [1.165, 1.54) is 0 Å². The first-order chi connectivity index (χ1) is 2.00. The molecule has 0 aromatic carbocycles. The van der Waals surface area contributed by atoms with Crippen molar-refractivity contribution in [2.75, 3.05) is 0 Å². The van der Waals surface area contributed by atoms with Crippen molar-refractivity contribution in [1.29, 1.82) is 10.8 Å². The minimum Gasteiger partial charge on any atom is 0 e. The van der Waals surface area contributed by atoms with E-state index in [0.717, 1.165) is 0 Å². The zero-order valence-corrected chi connectivity index (χ0v) is 2.42. The quantitative estimate of drug-likeness (QED) is 0.374. The molecule has 0 radical (unpaired) electrons. The van der Waals surface area contributed by atoms with E-state index in [-0.39, 0.29) is 6.15 Å². The molecule has 0 heterocycles. The molecule has 0 aromatic rings. The third-order valence-corrected chi connectivity index (χ3v) is 0. The first-order valence-electron chi connectivity index (χ1n) is 0.367. The number of hydrogen-bond donors (Lipinski definition) is 0. The molecule has 5 heteroatoms. The van der Waals surface area contributed by atoms with Gasteiger partial charge in [-0.1, -0.05) is 0 Å². The van der Waals surface area contributed by atoms with Crippen LogP contribution in [-0.2, 0) is 0 Å². The predicted molar refractivity (Wildman–Crippen MR) is 10.2 cm³/mol. The van der Waals surface area contributed by atoms with Crippen molar-refractivity contribution in [3.05, 3.63) is 9.93 Å². The minimum absolute atomic E-state index is 0. The fourth-order valence-corrected chi connectivity index (χ4v) is 0. The van der Waals surface area contributed by atoms with Gasteiger partial charge in [0.1, 0.15) is 0 Å². The van der Waals surface area contributed by atoms with Crippen molar-refractivity contribution in [3.63, 3.8) is 0 Å². The maximum absolute atomic E-state index is 7.00. The van der Waals surface area contributed by atoms with Crippen LogP contribution in [0.3, 0.4) is 0 Å². The van der Waals surface area contributed by atoms with Gasteiger partial charge in [0, 0.05) is 26.9 Å². The first kappa shape index (κ1) is 39.1. The molecule has 0 saturated carbocycles. The molecule has 24 valence electrons. The van der Waals surface area contributed by atoms with Crippen LogP contribution < -0.4 is 0 Å². The molecule has 0 rings (SSSR count). The summed E-state index contributed by atoms with van der Waals surface area (Å²) in [5, 5.41) is 12.0. The molecule has 0 N–H and O–H groups in total. The van der Waals surface area contributed by atoms with Gasteiger partial charge in [-0.15, -0.1) is 0 Å². The van der Waals surface area contributed by atoms with Gasteiger partial charge >= 0.3 is 0 Å². The van der Waals surface area contributed by atoms with Crippen LogP contribution in [0.15, 0.2) is 0 Å². The average molecular weight is 64.0 g/mol. The molecule has 0 aromatic heterocycles. The fraction of sp³-hybridized carbons (Fsp3) is 0. The summed E-state index contributed by atoms with van der Waals surface area (Å²) in [7, 11) is 0. The summed E-state index contributed by atoms with van der Waals surface area (Å²) in [6.07, 6.45) is 0. The number of nitrogens with zero attached hydrogens (tertiary/aromatic N) is 2. The van der Waals surface area contributed by atoms with Crippen molar-refractivity contribution in [3.8, 4) is 0 Å². The van der Waals surface area contributed by atoms with Crippen LogP contribution in [0.5, 0.6) is 0 Å². The second kappa shape index (κ2) is 9.50. The zero-order valence-electron chi connectivity index (χ0n) is 2.42. The van der Waals surface area contributed by atoms with Gasteiger partial charge in [0.15, 0.2) is 0 Å². The van der Waals surface area contributed by atoms with Crippen LogP contribution in [0.2, 0.25) is 0 Å². The van der Waals surface area contributed by atoms with E-state index in [1.54, 1.807) is 0 Å². The summed E-state index contributed by atoms with van der Waals surface area (Å²) in [6, 6.07) is 0. The summed E-state index contributed by atoms with van der Waals surface area (Å²) < 4.78 is 0. The molecular formula is HeN2O2. The van der Waals surface area contributed by atoms with Gasteiger partial charge in [-0.05, 0) is 0 Å². The van der Waals surface area contributed by atoms with Crippen molar-refractivity contribution < 1.29 is 6.15 Å². The Bertz CT molecular complexity index is 18.9. The first-order valence-corrected chi connectivity index (χ1v) is 0.367. The number of rotatable bonds is 0. The van der Waals surface area contributed by atoms with Crippen LogP contribution in [0.25, 0.3) is 0 Å². The second-order valence-electron chi connectivity index (χ2n) is 0. The summed E-state index contributed by atoms with van der Waals surface area (Å²) in [4.78, 5) is 14.0. The summed E-state index contributed by atoms with van der Waals surface area (Å²) in [5.74, 6) is 0. The Morgan fingerprint density at radius 3 is 1.00 bits per heavy atom. The molecular weight excluding hydrogens is 64.0 g/mol. The zero-order chi connectivity index (χ0) is 4.00. The maximum Gasteiger partial charge on any atom is 0 e. The Balaban J connectivity index is -0.0000000133. The van der Waals surface area contributed by atoms with Gasteiger partial charge in [-0.2, -0.15) is 0 Å². The largest absolute Gasteiger partial charge is 0 e. The van der Waals surface area contributed by atoms with E-state index in [2.05, 4.69) is 0 Å². The third kappa shape index (κ3) is 2.20. The van der Waals surface area contributed by atoms with Crippen molar-refractivity contribution >= 4 is 0 Å². The molecule has 5 heavy (non-hydrogen) atoms. The SMILES string of the molecule is N#N.O=O.[He]. The smallest absolute Gasteiger partial charge is 0 e. The molecule has 0 fully saturated rings. The molecule has 0 bridgehead atoms. The van der Waals surface area contributed by atoms with Gasteiger partial charge < -0.3 is 0 Å². The Morgan fingerprint density at radius 1 is 1.00 bits per heavy atom. The van der Waals surface area contributed by atoms with E-state index < -0.39 is 0 Å². The average Bonchev–Trinajstić information content (AvgIpc) is 1.50. The van der Waals surface area contributed by atoms with E-state index >= 15 is 0 Å². The molecule has 0 aliphatic carbocycles. The van der Waals surface area contributed by atoms with Gasteiger partial charge in [-0.25, -0.2) is 0 Å². The molecule has 0 amide bonds. The van der Waals surface area contributed by atoms with E-state index in [4.69, 9.17) is 20.7 Å². The van der Waals surface area contributed by atoms with Crippen LogP contribution in [-0.4, -0.2) is 0 Å². The van der Waals surface area contributed by atoms with Crippen molar-refractivity contribution in [2.24, 2.45) is 0 Å². The Kier molecular flexibility index (Phi) is 74.2. The molecule has 0 atom stereocenters. The predicted octanol–water partition coefficient (Wildman–Crippen LogP) is 0.0972. The molecule has 0 saturated heterocycles. The van der Waals surface area contributed by atoms with Gasteiger partial charge in [0.05, 0.1) is 0 Å². The molecule has 4 nitrogen and oxygen atoms in total. The number of hydrogen-bond acceptors (Lipinski definition) is 4. The summed E-state index contributed by atoms with van der Waals surface area (Å²) >= 11 is 0. The summed E-state index contributed by atoms with van der Waals surface area (Å²) in [6.45, 7) is 0. The van der Waals surface area contributed by atoms with Crippen molar-refractivity contribution in [1.82, 2.24) is 0 Å². The molecule has 0 unspecified atom stereocenters. The van der Waals surface area contributed by atoms with Gasteiger partial charge in [0.25, 0.3) is 0 Å². The maximum atomic E-state index is 7.00. The van der Waals surface area contributed by atoms with Crippen LogP contribution in [0, 0.1) is 26.9 Å². The van der Waals surface area contributed by atoms with Crippen molar-refractivity contribution in [2.45, 2.75) is 0 Å². The Morgan fingerprint density at radius 2 is 1.00 bits per heavy atom. The van der Waals surface area contributed by atoms with Crippen LogP contribution in [0.4, 0.5) is 0 Å². The second-order valence-corrected chi connectivity index (χ2v) is 0. The fourth-order valence-electron chi connectivity index (χ4n) is 0. The van der Waals surface area contributed by atoms with E-state index in [0.29, 0.717) is 0 Å². The van der Waals surface area contributed by atoms with E-state index in [1.807, 2.05) is 0 Å². The normalized spacial score (nSPS) is 1.20. The third-order valence-electron chi connectivity index (χ3n) is 0. The van der Waals surface area contributed by atoms with Crippen LogP contribution >= 0.6 is 0 Å². The monoisotopic (exact) mass is 64.0 g/mol. The topological polar surface area (TPSA) is 81.7 Å². The Labute approximate surface area is 28.2 Å². The minimum atomic E-state index is 0. The molecule has 0 aliphatic heterocycles. The Hall–Kier alpha value is -1.07. The molecule has 0 spiro atoms. The summed E-state index contributed by atoms with van der Waals surface area (Å²) in [5.41, 5.74) is 0. The standard InChI is InChI=1S/He.N2.O2/c;2*1-2. The van der Waals surface area contributed by atoms with Gasteiger partial charge in [-0.3, -0.25) is 0 Å². The van der Waals surface area contributed by atoms with E-state index in [9.17, 15) is 0 Å². The molecule has 0 aliphatic rings. The van der Waals surface area contributed by atoms with Gasteiger partial charge in [0.2, 0.25) is 0 Å². The van der Waals surface area contributed by atoms with Crippen LogP contribution in [0.1, 0.15) is 0 Å².